The van der Waals surface area contributed by atoms with Crippen LogP contribution in [0.3, 0.4) is 0 Å². The molecule has 0 unspecified atom stereocenters. The van der Waals surface area contributed by atoms with Crippen molar-refractivity contribution in [2.45, 2.75) is 12.1 Å². The minimum Gasteiger partial charge on any atom is -0.493 e. The SMILES string of the molecule is CCOC(=O)c1cnc(SC)nc1Nc1ccc(OC)c(OC)c1. The topological polar surface area (TPSA) is 82.6 Å². The molecule has 0 atom stereocenters. The van der Waals surface area contributed by atoms with Crippen LogP contribution in [-0.4, -0.2) is 43.0 Å². The van der Waals surface area contributed by atoms with Crippen molar-refractivity contribution in [3.8, 4) is 11.5 Å². The molecule has 1 N–H and O–H groups in total. The molecule has 1 aromatic carbocycles. The summed E-state index contributed by atoms with van der Waals surface area (Å²) in [6, 6.07) is 5.33. The summed E-state index contributed by atoms with van der Waals surface area (Å²) in [5.41, 5.74) is 0.966. The molecule has 24 heavy (non-hydrogen) atoms. The summed E-state index contributed by atoms with van der Waals surface area (Å²) in [6.45, 7) is 2.02. The van der Waals surface area contributed by atoms with Gasteiger partial charge in [0.05, 0.1) is 20.8 Å². The highest BCUT2D eigenvalue weighted by molar-refractivity contribution is 7.98. The Balaban J connectivity index is 2.38. The molecule has 7 nitrogen and oxygen atoms in total. The van der Waals surface area contributed by atoms with Gasteiger partial charge in [-0.15, -0.1) is 0 Å². The molecule has 0 bridgehead atoms. The molecule has 0 amide bonds. The molecule has 2 aromatic rings. The lowest BCUT2D eigenvalue weighted by atomic mass is 10.2. The van der Waals surface area contributed by atoms with Gasteiger partial charge in [0.1, 0.15) is 11.4 Å². The lowest BCUT2D eigenvalue weighted by molar-refractivity contribution is 0.0526. The molecule has 0 saturated carbocycles. The number of methoxy groups -OCH3 is 2. The molecule has 8 heteroatoms. The van der Waals surface area contributed by atoms with E-state index in [0.29, 0.717) is 28.2 Å². The summed E-state index contributed by atoms with van der Waals surface area (Å²) in [4.78, 5) is 20.6. The van der Waals surface area contributed by atoms with E-state index in [0.717, 1.165) is 0 Å². The second kappa shape index (κ2) is 8.39. The molecular weight excluding hydrogens is 330 g/mol. The number of esters is 1. The number of nitrogens with one attached hydrogen (secondary N) is 1. The summed E-state index contributed by atoms with van der Waals surface area (Å²) in [7, 11) is 3.13. The fourth-order valence-corrected chi connectivity index (χ4v) is 2.31. The third-order valence-corrected chi connectivity index (χ3v) is 3.65. The zero-order chi connectivity index (χ0) is 17.5. The molecule has 0 aliphatic carbocycles. The van der Waals surface area contributed by atoms with Crippen LogP contribution in [0.5, 0.6) is 11.5 Å². The molecular formula is C16H19N3O4S. The van der Waals surface area contributed by atoms with Gasteiger partial charge in [-0.1, -0.05) is 11.8 Å². The van der Waals surface area contributed by atoms with E-state index in [1.807, 2.05) is 6.26 Å². The zero-order valence-electron chi connectivity index (χ0n) is 14.0. The monoisotopic (exact) mass is 349 g/mol. The standard InChI is InChI=1S/C16H19N3O4S/c1-5-23-15(20)11-9-17-16(24-4)19-14(11)18-10-6-7-12(21-2)13(8-10)22-3/h6-9H,5H2,1-4H3,(H,17,18,19). The Hall–Kier alpha value is -2.48. The molecule has 1 aromatic heterocycles. The predicted molar refractivity (Wildman–Crippen MR) is 92.6 cm³/mol. The third-order valence-electron chi connectivity index (χ3n) is 3.09. The van der Waals surface area contributed by atoms with Crippen molar-refractivity contribution in [3.05, 3.63) is 30.0 Å². The minimum atomic E-state index is -0.479. The van der Waals surface area contributed by atoms with Crippen LogP contribution in [-0.2, 0) is 4.74 Å². The van der Waals surface area contributed by atoms with E-state index < -0.39 is 5.97 Å². The van der Waals surface area contributed by atoms with Crippen LogP contribution in [0.25, 0.3) is 0 Å². The average molecular weight is 349 g/mol. The van der Waals surface area contributed by atoms with Crippen molar-refractivity contribution in [1.29, 1.82) is 0 Å². The first-order valence-electron chi connectivity index (χ1n) is 7.20. The van der Waals surface area contributed by atoms with Crippen LogP contribution < -0.4 is 14.8 Å². The lowest BCUT2D eigenvalue weighted by Gasteiger charge is -2.13. The first-order valence-corrected chi connectivity index (χ1v) is 8.42. The molecule has 0 radical (unpaired) electrons. The second-order valence-corrected chi connectivity index (χ2v) is 5.31. The Kier molecular flexibility index (Phi) is 6.25. The van der Waals surface area contributed by atoms with Crippen molar-refractivity contribution in [1.82, 2.24) is 9.97 Å². The van der Waals surface area contributed by atoms with Crippen LogP contribution in [0.2, 0.25) is 0 Å². The zero-order valence-corrected chi connectivity index (χ0v) is 14.8. The number of rotatable bonds is 7. The van der Waals surface area contributed by atoms with E-state index in [1.165, 1.54) is 18.0 Å². The smallest absolute Gasteiger partial charge is 0.343 e. The highest BCUT2D eigenvalue weighted by atomic mass is 32.2. The van der Waals surface area contributed by atoms with Crippen molar-refractivity contribution in [3.63, 3.8) is 0 Å². The molecule has 0 saturated heterocycles. The Morgan fingerprint density at radius 1 is 1.25 bits per heavy atom. The number of hydrogen-bond acceptors (Lipinski definition) is 8. The van der Waals surface area contributed by atoms with Gasteiger partial charge in [0, 0.05) is 18.0 Å². The number of benzene rings is 1. The quantitative estimate of drug-likeness (QED) is 0.464. The predicted octanol–water partition coefficient (Wildman–Crippen LogP) is 3.14. The number of carbonyl (C=O) groups excluding carboxylic acids is 1. The van der Waals surface area contributed by atoms with Crippen molar-refractivity contribution < 1.29 is 19.0 Å². The van der Waals surface area contributed by atoms with Crippen molar-refractivity contribution in [2.75, 3.05) is 32.4 Å². The molecule has 0 fully saturated rings. The number of nitrogens with zero attached hydrogens (tertiary/aromatic N) is 2. The first-order chi connectivity index (χ1) is 11.6. The third kappa shape index (κ3) is 4.08. The van der Waals surface area contributed by atoms with Gasteiger partial charge in [-0.05, 0) is 25.3 Å². The highest BCUT2D eigenvalue weighted by Crippen LogP contribution is 2.31. The molecule has 128 valence electrons. The molecule has 0 aliphatic heterocycles. The fraction of sp³-hybridized carbons (Fsp3) is 0.312. The minimum absolute atomic E-state index is 0.268. The van der Waals surface area contributed by atoms with E-state index in [9.17, 15) is 4.79 Å². The van der Waals surface area contributed by atoms with Gasteiger partial charge in [-0.2, -0.15) is 0 Å². The Morgan fingerprint density at radius 3 is 2.62 bits per heavy atom. The number of carbonyl (C=O) groups is 1. The van der Waals surface area contributed by atoms with Crippen molar-refractivity contribution >= 4 is 29.2 Å². The van der Waals surface area contributed by atoms with Gasteiger partial charge < -0.3 is 19.5 Å². The maximum absolute atomic E-state index is 12.1. The number of hydrogen-bond donors (Lipinski definition) is 1. The molecule has 0 spiro atoms. The van der Waals surface area contributed by atoms with Crippen molar-refractivity contribution in [2.24, 2.45) is 0 Å². The Morgan fingerprint density at radius 2 is 2.00 bits per heavy atom. The van der Waals surface area contributed by atoms with Crippen LogP contribution in [0.15, 0.2) is 29.6 Å². The molecule has 0 aliphatic rings. The summed E-state index contributed by atoms with van der Waals surface area (Å²) >= 11 is 1.38. The van der Waals surface area contributed by atoms with Gasteiger partial charge in [-0.3, -0.25) is 0 Å². The van der Waals surface area contributed by atoms with E-state index in [2.05, 4.69) is 15.3 Å². The maximum atomic E-state index is 12.1. The number of ether oxygens (including phenoxy) is 3. The van der Waals surface area contributed by atoms with Crippen LogP contribution in [0, 0.1) is 0 Å². The van der Waals surface area contributed by atoms with E-state index in [4.69, 9.17) is 14.2 Å². The first kappa shape index (κ1) is 17.9. The Bertz CT molecular complexity index is 724. The second-order valence-electron chi connectivity index (χ2n) is 4.53. The normalized spacial score (nSPS) is 10.2. The molecule has 2 rings (SSSR count). The van der Waals surface area contributed by atoms with Crippen LogP contribution in [0.4, 0.5) is 11.5 Å². The van der Waals surface area contributed by atoms with Gasteiger partial charge in [-0.25, -0.2) is 14.8 Å². The lowest BCUT2D eigenvalue weighted by Crippen LogP contribution is -2.10. The largest absolute Gasteiger partial charge is 0.493 e. The van der Waals surface area contributed by atoms with E-state index >= 15 is 0 Å². The summed E-state index contributed by atoms with van der Waals surface area (Å²) in [6.07, 6.45) is 3.32. The van der Waals surface area contributed by atoms with Gasteiger partial charge in [0.2, 0.25) is 0 Å². The van der Waals surface area contributed by atoms with E-state index in [1.54, 1.807) is 39.3 Å². The number of aromatic nitrogens is 2. The van der Waals surface area contributed by atoms with Crippen LogP contribution in [0.1, 0.15) is 17.3 Å². The van der Waals surface area contributed by atoms with Gasteiger partial charge in [0.15, 0.2) is 16.7 Å². The van der Waals surface area contributed by atoms with Crippen LogP contribution >= 0.6 is 11.8 Å². The highest BCUT2D eigenvalue weighted by Gasteiger charge is 2.16. The maximum Gasteiger partial charge on any atom is 0.343 e. The summed E-state index contributed by atoms with van der Waals surface area (Å²) < 4.78 is 15.5. The van der Waals surface area contributed by atoms with Gasteiger partial charge >= 0.3 is 5.97 Å². The van der Waals surface area contributed by atoms with E-state index in [-0.39, 0.29) is 12.2 Å². The summed E-state index contributed by atoms with van der Waals surface area (Å²) in [5, 5.41) is 3.66. The number of anilines is 2. The number of thioether (sulfide) groups is 1. The molecule has 1 heterocycles. The average Bonchev–Trinajstić information content (AvgIpc) is 2.61. The fourth-order valence-electron chi connectivity index (χ4n) is 1.97. The van der Waals surface area contributed by atoms with Gasteiger partial charge in [0.25, 0.3) is 0 Å². The summed E-state index contributed by atoms with van der Waals surface area (Å²) in [5.74, 6) is 1.08. The Labute approximate surface area is 144 Å².